The summed E-state index contributed by atoms with van der Waals surface area (Å²) >= 11 is 5.95. The van der Waals surface area contributed by atoms with E-state index in [9.17, 15) is 4.79 Å². The third-order valence-corrected chi connectivity index (χ3v) is 3.42. The first-order valence-corrected chi connectivity index (χ1v) is 6.99. The number of anilines is 1. The molecule has 0 spiro atoms. The number of carbonyl (C=O) groups is 1. The fraction of sp³-hybridized carbons (Fsp3) is 0.438. The van der Waals surface area contributed by atoms with E-state index < -0.39 is 5.41 Å². The summed E-state index contributed by atoms with van der Waals surface area (Å²) in [6, 6.07) is 5.17. The minimum atomic E-state index is -0.435. The standard InChI is InChI=1S/C16H20ClNO2/c1-4-16(2,3)15(20)18-14-9-8-13(17)11-12(14)7-5-6-10-19/h8-9,11,19H,4,6,10H2,1-3H3,(H,18,20). The summed E-state index contributed by atoms with van der Waals surface area (Å²) in [6.07, 6.45) is 1.14. The van der Waals surface area contributed by atoms with Crippen molar-refractivity contribution in [2.75, 3.05) is 11.9 Å². The molecule has 0 aliphatic carbocycles. The number of rotatable bonds is 4. The first kappa shape index (κ1) is 16.6. The van der Waals surface area contributed by atoms with Crippen molar-refractivity contribution in [1.29, 1.82) is 0 Å². The second-order valence-electron chi connectivity index (χ2n) is 5.16. The lowest BCUT2D eigenvalue weighted by Crippen LogP contribution is -2.30. The predicted octanol–water partition coefficient (Wildman–Crippen LogP) is 3.45. The Hall–Kier alpha value is -1.50. The molecule has 0 radical (unpaired) electrons. The van der Waals surface area contributed by atoms with Crippen LogP contribution in [-0.2, 0) is 4.79 Å². The highest BCUT2D eigenvalue weighted by molar-refractivity contribution is 6.30. The molecule has 2 N–H and O–H groups in total. The van der Waals surface area contributed by atoms with Gasteiger partial charge in [-0.1, -0.05) is 44.2 Å². The van der Waals surface area contributed by atoms with Crippen molar-refractivity contribution in [3.63, 3.8) is 0 Å². The van der Waals surface area contributed by atoms with Crippen molar-refractivity contribution in [2.24, 2.45) is 5.41 Å². The minimum Gasteiger partial charge on any atom is -0.395 e. The molecule has 1 amide bonds. The Bertz CT molecular complexity index is 541. The number of aliphatic hydroxyl groups excluding tert-OH is 1. The number of hydrogen-bond acceptors (Lipinski definition) is 2. The summed E-state index contributed by atoms with van der Waals surface area (Å²) in [6.45, 7) is 5.78. The SMILES string of the molecule is CCC(C)(C)C(=O)Nc1ccc(Cl)cc1C#CCCO. The van der Waals surface area contributed by atoms with E-state index in [0.29, 0.717) is 22.7 Å². The molecule has 4 heteroatoms. The smallest absolute Gasteiger partial charge is 0.230 e. The summed E-state index contributed by atoms with van der Waals surface area (Å²) < 4.78 is 0. The van der Waals surface area contributed by atoms with E-state index >= 15 is 0 Å². The maximum atomic E-state index is 12.2. The van der Waals surface area contributed by atoms with Crippen LogP contribution in [0.3, 0.4) is 0 Å². The second-order valence-corrected chi connectivity index (χ2v) is 5.59. The molecule has 1 aromatic rings. The number of aliphatic hydroxyl groups is 1. The van der Waals surface area contributed by atoms with Gasteiger partial charge in [-0.3, -0.25) is 4.79 Å². The van der Waals surface area contributed by atoms with Crippen molar-refractivity contribution in [2.45, 2.75) is 33.6 Å². The Morgan fingerprint density at radius 1 is 1.45 bits per heavy atom. The van der Waals surface area contributed by atoms with E-state index in [1.54, 1.807) is 18.2 Å². The molecule has 108 valence electrons. The van der Waals surface area contributed by atoms with E-state index in [0.717, 1.165) is 6.42 Å². The lowest BCUT2D eigenvalue weighted by Gasteiger charge is -2.22. The number of nitrogens with one attached hydrogen (secondary N) is 1. The van der Waals surface area contributed by atoms with Crippen LogP contribution in [0.1, 0.15) is 39.2 Å². The average molecular weight is 294 g/mol. The molecule has 1 aromatic carbocycles. The number of amides is 1. The van der Waals surface area contributed by atoms with Crippen LogP contribution in [0.25, 0.3) is 0 Å². The van der Waals surface area contributed by atoms with Gasteiger partial charge < -0.3 is 10.4 Å². The Morgan fingerprint density at radius 3 is 2.75 bits per heavy atom. The molecular formula is C16H20ClNO2. The Kier molecular flexibility index (Phi) is 6.06. The molecule has 0 bridgehead atoms. The van der Waals surface area contributed by atoms with E-state index in [1.165, 1.54) is 0 Å². The van der Waals surface area contributed by atoms with Gasteiger partial charge in [0.1, 0.15) is 0 Å². The van der Waals surface area contributed by atoms with Crippen LogP contribution in [0.5, 0.6) is 0 Å². The molecule has 0 aliphatic heterocycles. The van der Waals surface area contributed by atoms with Crippen LogP contribution >= 0.6 is 11.6 Å². The van der Waals surface area contributed by atoms with Crippen molar-refractivity contribution in [3.05, 3.63) is 28.8 Å². The third-order valence-electron chi connectivity index (χ3n) is 3.19. The molecular weight excluding hydrogens is 274 g/mol. The number of halogens is 1. The first-order chi connectivity index (χ1) is 9.40. The van der Waals surface area contributed by atoms with Crippen molar-refractivity contribution < 1.29 is 9.90 Å². The zero-order valence-electron chi connectivity index (χ0n) is 12.1. The van der Waals surface area contributed by atoms with Gasteiger partial charge in [0.2, 0.25) is 5.91 Å². The van der Waals surface area contributed by atoms with Crippen LogP contribution in [0, 0.1) is 17.3 Å². The molecule has 1 rings (SSSR count). The van der Waals surface area contributed by atoms with Crippen LogP contribution in [0.4, 0.5) is 5.69 Å². The van der Waals surface area contributed by atoms with Gasteiger partial charge in [0.25, 0.3) is 0 Å². The van der Waals surface area contributed by atoms with Crippen LogP contribution in [0.2, 0.25) is 5.02 Å². The summed E-state index contributed by atoms with van der Waals surface area (Å²) in [7, 11) is 0. The molecule has 3 nitrogen and oxygen atoms in total. The van der Waals surface area contributed by atoms with Crippen molar-refractivity contribution in [1.82, 2.24) is 0 Å². The molecule has 0 fully saturated rings. The van der Waals surface area contributed by atoms with Gasteiger partial charge in [0.05, 0.1) is 12.3 Å². The highest BCUT2D eigenvalue weighted by Gasteiger charge is 2.25. The monoisotopic (exact) mass is 293 g/mol. The van der Waals surface area contributed by atoms with E-state index in [-0.39, 0.29) is 12.5 Å². The Morgan fingerprint density at radius 2 is 2.15 bits per heavy atom. The molecule has 0 aliphatic rings. The van der Waals surface area contributed by atoms with Gasteiger partial charge in [-0.2, -0.15) is 0 Å². The Balaban J connectivity index is 3.01. The molecule has 0 unspecified atom stereocenters. The summed E-state index contributed by atoms with van der Waals surface area (Å²) in [4.78, 5) is 12.2. The highest BCUT2D eigenvalue weighted by atomic mass is 35.5. The molecule has 20 heavy (non-hydrogen) atoms. The largest absolute Gasteiger partial charge is 0.395 e. The van der Waals surface area contributed by atoms with Gasteiger partial charge in [0, 0.05) is 22.4 Å². The van der Waals surface area contributed by atoms with Crippen molar-refractivity contribution >= 4 is 23.2 Å². The van der Waals surface area contributed by atoms with Gasteiger partial charge in [-0.05, 0) is 24.6 Å². The lowest BCUT2D eigenvalue weighted by molar-refractivity contribution is -0.124. The molecule has 0 heterocycles. The van der Waals surface area contributed by atoms with E-state index in [4.69, 9.17) is 16.7 Å². The van der Waals surface area contributed by atoms with Crippen LogP contribution in [0.15, 0.2) is 18.2 Å². The maximum Gasteiger partial charge on any atom is 0.230 e. The lowest BCUT2D eigenvalue weighted by atomic mass is 9.89. The predicted molar refractivity (Wildman–Crippen MR) is 82.7 cm³/mol. The molecule has 0 aromatic heterocycles. The zero-order valence-corrected chi connectivity index (χ0v) is 12.8. The zero-order chi connectivity index (χ0) is 15.2. The minimum absolute atomic E-state index is 0.0120. The fourth-order valence-electron chi connectivity index (χ4n) is 1.39. The normalized spacial score (nSPS) is 10.7. The first-order valence-electron chi connectivity index (χ1n) is 6.61. The number of benzene rings is 1. The van der Waals surface area contributed by atoms with E-state index in [1.807, 2.05) is 20.8 Å². The van der Waals surface area contributed by atoms with E-state index in [2.05, 4.69) is 17.2 Å². The van der Waals surface area contributed by atoms with Crippen LogP contribution < -0.4 is 5.32 Å². The highest BCUT2D eigenvalue weighted by Crippen LogP contribution is 2.25. The molecule has 0 atom stereocenters. The summed E-state index contributed by atoms with van der Waals surface area (Å²) in [5.41, 5.74) is 0.868. The van der Waals surface area contributed by atoms with Gasteiger partial charge in [-0.15, -0.1) is 0 Å². The quantitative estimate of drug-likeness (QED) is 0.835. The third kappa shape index (κ3) is 4.56. The van der Waals surface area contributed by atoms with Crippen molar-refractivity contribution in [3.8, 4) is 11.8 Å². The molecule has 0 saturated heterocycles. The number of carbonyl (C=O) groups excluding carboxylic acids is 1. The molecule has 0 saturated carbocycles. The van der Waals surface area contributed by atoms with Gasteiger partial charge >= 0.3 is 0 Å². The fourth-order valence-corrected chi connectivity index (χ4v) is 1.57. The van der Waals surface area contributed by atoms with Crippen LogP contribution in [-0.4, -0.2) is 17.6 Å². The number of hydrogen-bond donors (Lipinski definition) is 2. The Labute approximate surface area is 125 Å². The summed E-state index contributed by atoms with van der Waals surface area (Å²) in [5.74, 6) is 5.71. The summed E-state index contributed by atoms with van der Waals surface area (Å²) in [5, 5.41) is 12.2. The maximum absolute atomic E-state index is 12.2. The van der Waals surface area contributed by atoms with Gasteiger partial charge in [-0.25, -0.2) is 0 Å². The average Bonchev–Trinajstić information content (AvgIpc) is 2.41. The topological polar surface area (TPSA) is 49.3 Å². The van der Waals surface area contributed by atoms with Gasteiger partial charge in [0.15, 0.2) is 0 Å². The second kappa shape index (κ2) is 7.33.